The van der Waals surface area contributed by atoms with Crippen molar-refractivity contribution >= 4 is 5.91 Å². The predicted octanol–water partition coefficient (Wildman–Crippen LogP) is 3.18. The molecule has 2 aromatic heterocycles. The van der Waals surface area contributed by atoms with Crippen molar-refractivity contribution in [2.75, 3.05) is 13.1 Å². The van der Waals surface area contributed by atoms with Crippen LogP contribution in [0.4, 0.5) is 0 Å². The van der Waals surface area contributed by atoms with Crippen molar-refractivity contribution in [3.8, 4) is 11.7 Å². The molecule has 3 heterocycles. The first kappa shape index (κ1) is 17.3. The van der Waals surface area contributed by atoms with E-state index in [0.717, 1.165) is 23.5 Å². The lowest BCUT2D eigenvalue weighted by Crippen LogP contribution is -2.31. The molecule has 6 heteroatoms. The van der Waals surface area contributed by atoms with E-state index in [1.54, 1.807) is 0 Å². The van der Waals surface area contributed by atoms with Crippen molar-refractivity contribution in [3.63, 3.8) is 0 Å². The van der Waals surface area contributed by atoms with E-state index in [2.05, 4.69) is 9.97 Å². The van der Waals surface area contributed by atoms with Crippen LogP contribution in [0.5, 0.6) is 6.01 Å². The molecule has 0 aliphatic carbocycles. The molecule has 6 nitrogen and oxygen atoms in total. The lowest BCUT2D eigenvalue weighted by molar-refractivity contribution is 0.0769. The Morgan fingerprint density at radius 3 is 2.41 bits per heavy atom. The first-order chi connectivity index (χ1) is 13.1. The summed E-state index contributed by atoms with van der Waals surface area (Å²) in [6, 6.07) is 13.9. The molecule has 1 aliphatic heterocycles. The number of likely N-dealkylation sites (tertiary alicyclic amines) is 1. The highest BCUT2D eigenvalue weighted by atomic mass is 16.5. The molecule has 0 unspecified atom stereocenters. The van der Waals surface area contributed by atoms with Gasteiger partial charge in [-0.1, -0.05) is 0 Å². The van der Waals surface area contributed by atoms with Gasteiger partial charge >= 0.3 is 6.01 Å². The monoisotopic (exact) mass is 362 g/mol. The number of aryl methyl sites for hydroxylation is 2. The molecule has 1 fully saturated rings. The lowest BCUT2D eigenvalue weighted by Gasteiger charge is -2.17. The van der Waals surface area contributed by atoms with Crippen LogP contribution in [0.3, 0.4) is 0 Å². The summed E-state index contributed by atoms with van der Waals surface area (Å²) >= 11 is 0. The van der Waals surface area contributed by atoms with Crippen LogP contribution >= 0.6 is 0 Å². The minimum absolute atomic E-state index is 0.0292. The van der Waals surface area contributed by atoms with Crippen molar-refractivity contribution in [2.24, 2.45) is 0 Å². The lowest BCUT2D eigenvalue weighted by atomic mass is 10.2. The molecule has 1 aliphatic rings. The van der Waals surface area contributed by atoms with Gasteiger partial charge in [-0.05, 0) is 56.3 Å². The number of ether oxygens (including phenoxy) is 1. The van der Waals surface area contributed by atoms with Gasteiger partial charge in [0, 0.05) is 48.0 Å². The van der Waals surface area contributed by atoms with Gasteiger partial charge in [0.15, 0.2) is 0 Å². The summed E-state index contributed by atoms with van der Waals surface area (Å²) in [5.41, 5.74) is 3.48. The zero-order chi connectivity index (χ0) is 18.8. The van der Waals surface area contributed by atoms with Crippen LogP contribution in [0, 0.1) is 13.8 Å². The van der Waals surface area contributed by atoms with E-state index < -0.39 is 0 Å². The fourth-order valence-electron chi connectivity index (χ4n) is 3.37. The van der Waals surface area contributed by atoms with Gasteiger partial charge in [-0.2, -0.15) is 0 Å². The number of benzene rings is 1. The van der Waals surface area contributed by atoms with Crippen molar-refractivity contribution in [2.45, 2.75) is 26.4 Å². The fourth-order valence-corrected chi connectivity index (χ4v) is 3.37. The Bertz CT molecular complexity index is 915. The Hall–Kier alpha value is -3.15. The Labute approximate surface area is 158 Å². The van der Waals surface area contributed by atoms with Crippen molar-refractivity contribution in [3.05, 3.63) is 71.8 Å². The SMILES string of the molecule is Cc1cc(C)nc(O[C@H]2CCN(C(=O)c3ccc(-n4cccc4)cc3)C2)n1. The molecule has 1 saturated heterocycles. The number of carbonyl (C=O) groups excluding carboxylic acids is 1. The van der Waals surface area contributed by atoms with Gasteiger partial charge < -0.3 is 14.2 Å². The third kappa shape index (κ3) is 3.84. The molecule has 1 aromatic carbocycles. The Kier molecular flexibility index (Phi) is 4.62. The van der Waals surface area contributed by atoms with Gasteiger partial charge in [0.05, 0.1) is 6.54 Å². The summed E-state index contributed by atoms with van der Waals surface area (Å²) in [7, 11) is 0. The van der Waals surface area contributed by atoms with Gasteiger partial charge in [0.2, 0.25) is 0 Å². The average Bonchev–Trinajstić information content (AvgIpc) is 3.32. The molecule has 138 valence electrons. The van der Waals surface area contributed by atoms with Gasteiger partial charge in [-0.25, -0.2) is 9.97 Å². The number of carbonyl (C=O) groups is 1. The minimum atomic E-state index is -0.0747. The first-order valence-corrected chi connectivity index (χ1v) is 9.10. The van der Waals surface area contributed by atoms with E-state index in [-0.39, 0.29) is 12.0 Å². The molecule has 0 spiro atoms. The zero-order valence-electron chi connectivity index (χ0n) is 15.5. The standard InChI is InChI=1S/C21H22N4O2/c1-15-13-16(2)23-21(22-15)27-19-9-12-25(14-19)20(26)17-5-7-18(8-6-17)24-10-3-4-11-24/h3-8,10-11,13,19H,9,12,14H2,1-2H3/t19-/m0/s1. The molecular weight excluding hydrogens is 340 g/mol. The molecule has 4 rings (SSSR count). The molecule has 0 bridgehead atoms. The van der Waals surface area contributed by atoms with Crippen LogP contribution < -0.4 is 4.74 Å². The number of amides is 1. The molecular formula is C21H22N4O2. The van der Waals surface area contributed by atoms with Crippen LogP contribution in [-0.2, 0) is 0 Å². The second kappa shape index (κ2) is 7.23. The normalized spacial score (nSPS) is 16.5. The van der Waals surface area contributed by atoms with Gasteiger partial charge in [-0.15, -0.1) is 0 Å². The second-order valence-electron chi connectivity index (χ2n) is 6.85. The van der Waals surface area contributed by atoms with E-state index in [1.165, 1.54) is 0 Å². The third-order valence-electron chi connectivity index (χ3n) is 4.68. The Balaban J connectivity index is 1.40. The zero-order valence-corrected chi connectivity index (χ0v) is 15.5. The first-order valence-electron chi connectivity index (χ1n) is 9.10. The highest BCUT2D eigenvalue weighted by Gasteiger charge is 2.29. The topological polar surface area (TPSA) is 60.2 Å². The number of rotatable bonds is 4. The van der Waals surface area contributed by atoms with Gasteiger partial charge in [0.1, 0.15) is 6.10 Å². The van der Waals surface area contributed by atoms with Crippen LogP contribution in [-0.4, -0.2) is 44.5 Å². The third-order valence-corrected chi connectivity index (χ3v) is 4.68. The van der Waals surface area contributed by atoms with Gasteiger partial charge in [-0.3, -0.25) is 4.79 Å². The molecule has 0 saturated carbocycles. The number of hydrogen-bond donors (Lipinski definition) is 0. The van der Waals surface area contributed by atoms with Crippen LogP contribution in [0.25, 0.3) is 5.69 Å². The molecule has 3 aromatic rings. The molecule has 27 heavy (non-hydrogen) atoms. The van der Waals surface area contributed by atoms with Crippen molar-refractivity contribution in [1.82, 2.24) is 19.4 Å². The number of nitrogens with zero attached hydrogens (tertiary/aromatic N) is 4. The van der Waals surface area contributed by atoms with E-state index >= 15 is 0 Å². The molecule has 1 amide bonds. The Morgan fingerprint density at radius 1 is 1.07 bits per heavy atom. The number of aromatic nitrogens is 3. The van der Waals surface area contributed by atoms with Crippen LogP contribution in [0.15, 0.2) is 54.9 Å². The van der Waals surface area contributed by atoms with E-state index in [0.29, 0.717) is 24.7 Å². The van der Waals surface area contributed by atoms with Crippen molar-refractivity contribution < 1.29 is 9.53 Å². The van der Waals surface area contributed by atoms with E-state index in [4.69, 9.17) is 4.74 Å². The summed E-state index contributed by atoms with van der Waals surface area (Å²) in [6.07, 6.45) is 4.67. The summed E-state index contributed by atoms with van der Waals surface area (Å²) in [6.45, 7) is 5.06. The maximum atomic E-state index is 12.8. The smallest absolute Gasteiger partial charge is 0.317 e. The summed E-state index contributed by atoms with van der Waals surface area (Å²) in [5, 5.41) is 0. The van der Waals surface area contributed by atoms with Gasteiger partial charge in [0.25, 0.3) is 5.91 Å². The quantitative estimate of drug-likeness (QED) is 0.715. The Morgan fingerprint density at radius 2 is 1.74 bits per heavy atom. The predicted molar refractivity (Wildman–Crippen MR) is 102 cm³/mol. The number of hydrogen-bond acceptors (Lipinski definition) is 4. The summed E-state index contributed by atoms with van der Waals surface area (Å²) in [4.78, 5) is 23.3. The van der Waals surface area contributed by atoms with E-state index in [1.807, 2.05) is 78.2 Å². The summed E-state index contributed by atoms with van der Waals surface area (Å²) < 4.78 is 7.91. The highest BCUT2D eigenvalue weighted by Crippen LogP contribution is 2.19. The molecule has 0 radical (unpaired) electrons. The van der Waals surface area contributed by atoms with Crippen LogP contribution in [0.1, 0.15) is 28.2 Å². The fraction of sp³-hybridized carbons (Fsp3) is 0.286. The maximum Gasteiger partial charge on any atom is 0.317 e. The highest BCUT2D eigenvalue weighted by molar-refractivity contribution is 5.94. The largest absolute Gasteiger partial charge is 0.458 e. The maximum absolute atomic E-state index is 12.8. The van der Waals surface area contributed by atoms with E-state index in [9.17, 15) is 4.79 Å². The minimum Gasteiger partial charge on any atom is -0.458 e. The summed E-state index contributed by atoms with van der Waals surface area (Å²) in [5.74, 6) is 0.0292. The average molecular weight is 362 g/mol. The van der Waals surface area contributed by atoms with Crippen LogP contribution in [0.2, 0.25) is 0 Å². The second-order valence-corrected chi connectivity index (χ2v) is 6.85. The van der Waals surface area contributed by atoms with Crippen molar-refractivity contribution in [1.29, 1.82) is 0 Å². The molecule has 0 N–H and O–H groups in total. The molecule has 1 atom stereocenters.